The molecule has 2 aliphatic heterocycles. The molecule has 0 aromatic heterocycles. The van der Waals surface area contributed by atoms with Crippen LogP contribution in [0.1, 0.15) is 0 Å². The maximum absolute atomic E-state index is 5.76. The Morgan fingerprint density at radius 2 is 2.30 bits per heavy atom. The third-order valence-corrected chi connectivity index (χ3v) is 1.64. The lowest BCUT2D eigenvalue weighted by molar-refractivity contribution is 0.234. The molecule has 2 aliphatic rings. The van der Waals surface area contributed by atoms with Gasteiger partial charge >= 0.3 is 0 Å². The summed E-state index contributed by atoms with van der Waals surface area (Å²) >= 11 is 5.76. The molecule has 1 N–H and O–H groups in total. The normalized spacial score (nSPS) is 20.7. The number of hydrazine groups is 1. The Morgan fingerprint density at radius 3 is 3.10 bits per heavy atom. The first-order chi connectivity index (χ1) is 4.88. The maximum Gasteiger partial charge on any atom is 0.130 e. The molecule has 0 saturated carbocycles. The number of hydrogen-bond donors (Lipinski definition) is 1. The van der Waals surface area contributed by atoms with Gasteiger partial charge in [-0.3, -0.25) is 0 Å². The van der Waals surface area contributed by atoms with Gasteiger partial charge in [0.15, 0.2) is 0 Å². The van der Waals surface area contributed by atoms with Crippen LogP contribution in [0.5, 0.6) is 0 Å². The predicted octanol–water partition coefficient (Wildman–Crippen LogP) is 1.10. The third-order valence-electron chi connectivity index (χ3n) is 1.36. The summed E-state index contributed by atoms with van der Waals surface area (Å²) in [4.78, 5) is 0. The van der Waals surface area contributed by atoms with Gasteiger partial charge in [-0.15, -0.1) is 0 Å². The van der Waals surface area contributed by atoms with E-state index in [0.29, 0.717) is 0 Å². The molecule has 0 aromatic carbocycles. The second-order valence-corrected chi connectivity index (χ2v) is 2.33. The molecule has 0 saturated heterocycles. The van der Waals surface area contributed by atoms with Crippen molar-refractivity contribution < 1.29 is 0 Å². The van der Waals surface area contributed by atoms with E-state index >= 15 is 0 Å². The Morgan fingerprint density at radius 1 is 1.40 bits per heavy atom. The summed E-state index contributed by atoms with van der Waals surface area (Å²) in [6, 6.07) is 0. The van der Waals surface area contributed by atoms with Gasteiger partial charge in [0, 0.05) is 30.4 Å². The Hall–Kier alpha value is -1.09. The van der Waals surface area contributed by atoms with Crippen molar-refractivity contribution in [1.82, 2.24) is 14.9 Å². The molecular formula is C6H6ClN3. The Kier molecular flexibility index (Phi) is 1.11. The fraction of sp³-hybridized carbons (Fsp3) is 0. The molecule has 0 radical (unpaired) electrons. The number of nitrogens with one attached hydrogen (secondary N) is 1. The van der Waals surface area contributed by atoms with Gasteiger partial charge in [-0.25, -0.2) is 5.01 Å². The van der Waals surface area contributed by atoms with Crippen molar-refractivity contribution in [2.45, 2.75) is 0 Å². The Balaban J connectivity index is 2.31. The highest BCUT2D eigenvalue weighted by Gasteiger charge is 2.16. The van der Waals surface area contributed by atoms with Crippen LogP contribution in [0.25, 0.3) is 0 Å². The molecular weight excluding hydrogens is 150 g/mol. The van der Waals surface area contributed by atoms with E-state index < -0.39 is 0 Å². The molecule has 0 fully saturated rings. The van der Waals surface area contributed by atoms with Gasteiger partial charge in [0.25, 0.3) is 0 Å². The average molecular weight is 156 g/mol. The van der Waals surface area contributed by atoms with Crippen LogP contribution in [-0.2, 0) is 0 Å². The largest absolute Gasteiger partial charge is 0.345 e. The van der Waals surface area contributed by atoms with E-state index in [2.05, 4.69) is 5.32 Å². The minimum atomic E-state index is 0.970. The van der Waals surface area contributed by atoms with Gasteiger partial charge in [-0.05, 0) is 12.2 Å². The van der Waals surface area contributed by atoms with E-state index in [1.165, 1.54) is 4.53 Å². The number of allylic oxidation sites excluding steroid dienone is 2. The summed E-state index contributed by atoms with van der Waals surface area (Å²) in [5, 5.41) is 4.81. The fourth-order valence-corrected chi connectivity index (χ4v) is 1.10. The highest BCUT2D eigenvalue weighted by molar-refractivity contribution is 6.13. The van der Waals surface area contributed by atoms with E-state index in [1.807, 2.05) is 24.6 Å². The van der Waals surface area contributed by atoms with Crippen LogP contribution in [0.15, 0.2) is 36.6 Å². The molecule has 0 unspecified atom stereocenters. The summed E-state index contributed by atoms with van der Waals surface area (Å²) in [7, 11) is 0. The molecule has 52 valence electrons. The maximum atomic E-state index is 5.76. The first kappa shape index (κ1) is 5.68. The lowest BCUT2D eigenvalue weighted by Crippen LogP contribution is -2.29. The zero-order valence-electron chi connectivity index (χ0n) is 5.16. The second kappa shape index (κ2) is 1.95. The van der Waals surface area contributed by atoms with Crippen molar-refractivity contribution in [3.8, 4) is 0 Å². The number of fused-ring (bicyclic) bond motifs is 1. The van der Waals surface area contributed by atoms with Gasteiger partial charge < -0.3 is 5.32 Å². The first-order valence-corrected chi connectivity index (χ1v) is 3.27. The van der Waals surface area contributed by atoms with Crippen LogP contribution in [0.4, 0.5) is 0 Å². The molecule has 0 atom stereocenters. The SMILES string of the molecule is ClN1C=CC=C2NC=CN21. The summed E-state index contributed by atoms with van der Waals surface area (Å²) in [5.74, 6) is 0.970. The van der Waals surface area contributed by atoms with E-state index in [1.54, 1.807) is 11.2 Å². The summed E-state index contributed by atoms with van der Waals surface area (Å²) < 4.78 is 1.48. The monoisotopic (exact) mass is 155 g/mol. The minimum Gasteiger partial charge on any atom is -0.345 e. The molecule has 0 aliphatic carbocycles. The highest BCUT2D eigenvalue weighted by Crippen LogP contribution is 2.18. The highest BCUT2D eigenvalue weighted by atomic mass is 35.5. The van der Waals surface area contributed by atoms with Gasteiger partial charge in [0.05, 0.1) is 0 Å². The molecule has 2 rings (SSSR count). The topological polar surface area (TPSA) is 18.5 Å². The first-order valence-electron chi connectivity index (χ1n) is 2.94. The van der Waals surface area contributed by atoms with Crippen LogP contribution in [0, 0.1) is 0 Å². The van der Waals surface area contributed by atoms with Crippen LogP contribution >= 0.6 is 11.8 Å². The molecule has 0 amide bonds. The second-order valence-electron chi connectivity index (χ2n) is 1.99. The van der Waals surface area contributed by atoms with Crippen LogP contribution in [-0.4, -0.2) is 9.54 Å². The minimum absolute atomic E-state index is 0.970. The predicted molar refractivity (Wildman–Crippen MR) is 39.0 cm³/mol. The standard InChI is InChI=1S/C6H6ClN3/c7-10-4-1-2-6-8-3-5-9(6)10/h1-5,8H. The molecule has 4 heteroatoms. The van der Waals surface area contributed by atoms with E-state index in [9.17, 15) is 0 Å². The number of nitrogens with zero attached hydrogens (tertiary/aromatic N) is 2. The van der Waals surface area contributed by atoms with Crippen LogP contribution < -0.4 is 5.32 Å². The number of rotatable bonds is 0. The van der Waals surface area contributed by atoms with Gasteiger partial charge in [-0.2, -0.15) is 4.53 Å². The summed E-state index contributed by atoms with van der Waals surface area (Å²) in [6.07, 6.45) is 9.26. The molecule has 0 bridgehead atoms. The molecule has 10 heavy (non-hydrogen) atoms. The zero-order valence-corrected chi connectivity index (χ0v) is 5.92. The zero-order chi connectivity index (χ0) is 6.97. The van der Waals surface area contributed by atoms with Crippen molar-refractivity contribution in [3.63, 3.8) is 0 Å². The van der Waals surface area contributed by atoms with E-state index in [4.69, 9.17) is 11.8 Å². The molecule has 0 spiro atoms. The fourth-order valence-electron chi connectivity index (χ4n) is 0.908. The summed E-state index contributed by atoms with van der Waals surface area (Å²) in [5.41, 5.74) is 0. The van der Waals surface area contributed by atoms with Crippen molar-refractivity contribution in [1.29, 1.82) is 0 Å². The van der Waals surface area contributed by atoms with Crippen LogP contribution in [0.3, 0.4) is 0 Å². The van der Waals surface area contributed by atoms with Crippen molar-refractivity contribution >= 4 is 11.8 Å². The van der Waals surface area contributed by atoms with Crippen molar-refractivity contribution in [3.05, 3.63) is 36.6 Å². The molecule has 3 nitrogen and oxygen atoms in total. The number of halogens is 1. The quantitative estimate of drug-likeness (QED) is 0.529. The third kappa shape index (κ3) is 0.675. The van der Waals surface area contributed by atoms with Crippen LogP contribution in [0.2, 0.25) is 0 Å². The van der Waals surface area contributed by atoms with Crippen molar-refractivity contribution in [2.24, 2.45) is 0 Å². The lowest BCUT2D eigenvalue weighted by atomic mass is 10.5. The Labute approximate surface area is 63.9 Å². The van der Waals surface area contributed by atoms with Gasteiger partial charge in [-0.1, -0.05) is 0 Å². The molecule has 2 heterocycles. The van der Waals surface area contributed by atoms with E-state index in [-0.39, 0.29) is 0 Å². The average Bonchev–Trinajstić information content (AvgIpc) is 2.36. The van der Waals surface area contributed by atoms with Crippen molar-refractivity contribution in [2.75, 3.05) is 0 Å². The summed E-state index contributed by atoms with van der Waals surface area (Å²) in [6.45, 7) is 0. The smallest absolute Gasteiger partial charge is 0.130 e. The van der Waals surface area contributed by atoms with E-state index in [0.717, 1.165) is 5.82 Å². The van der Waals surface area contributed by atoms with Gasteiger partial charge in [0.2, 0.25) is 0 Å². The number of hydrogen-bond acceptors (Lipinski definition) is 3. The van der Waals surface area contributed by atoms with Gasteiger partial charge in [0.1, 0.15) is 5.82 Å². The lowest BCUT2D eigenvalue weighted by Gasteiger charge is -2.26. The molecule has 0 aromatic rings. The Bertz CT molecular complexity index is 231.